The number of hydrogen-bond donors (Lipinski definition) is 1. The number of methoxy groups -OCH3 is 1. The van der Waals surface area contributed by atoms with Crippen LogP contribution in [0.1, 0.15) is 47.3 Å². The molecule has 1 amide bonds. The number of imidazole rings is 1. The predicted molar refractivity (Wildman–Crippen MR) is 160 cm³/mol. The van der Waals surface area contributed by atoms with Gasteiger partial charge in [-0.25, -0.2) is 9.97 Å². The van der Waals surface area contributed by atoms with Crippen LogP contribution in [0.15, 0.2) is 42.7 Å². The normalized spacial score (nSPS) is 21.7. The number of carbonyl (C=O) groups excluding carboxylic acids is 1. The lowest BCUT2D eigenvalue weighted by Gasteiger charge is -2.27. The van der Waals surface area contributed by atoms with Crippen molar-refractivity contribution >= 4 is 28.0 Å². The van der Waals surface area contributed by atoms with Gasteiger partial charge in [-0.15, -0.1) is 0 Å². The molecule has 8 rings (SSSR count). The average molecular weight is 565 g/mol. The number of likely N-dealkylation sites (tertiary alicyclic amines) is 1. The first kappa shape index (κ1) is 25.5. The zero-order valence-electron chi connectivity index (χ0n) is 24.3. The first-order valence-electron chi connectivity index (χ1n) is 15.0. The minimum Gasteiger partial charge on any atom is -0.494 e. The SMILES string of the molecule is COc1cc(C(=O)N2CC3CCC2[C@@H]3N)cc2nc(-c3cc4cccnc4n3CC3CC3)n(Cc3cnn(C)c3C)c12. The van der Waals surface area contributed by atoms with Crippen molar-refractivity contribution in [2.45, 2.75) is 57.8 Å². The molecular weight excluding hydrogens is 528 g/mol. The molecule has 1 aliphatic heterocycles. The van der Waals surface area contributed by atoms with Crippen LogP contribution >= 0.6 is 0 Å². The molecule has 5 aromatic rings. The number of ether oxygens (including phenoxy) is 1. The van der Waals surface area contributed by atoms with E-state index in [2.05, 4.69) is 33.3 Å². The molecule has 0 radical (unpaired) electrons. The molecule has 5 heterocycles. The van der Waals surface area contributed by atoms with Crippen molar-refractivity contribution < 1.29 is 9.53 Å². The highest BCUT2D eigenvalue weighted by Gasteiger charge is 2.47. The van der Waals surface area contributed by atoms with Crippen molar-refractivity contribution in [1.29, 1.82) is 0 Å². The Morgan fingerprint density at radius 2 is 2.00 bits per heavy atom. The smallest absolute Gasteiger partial charge is 0.254 e. The summed E-state index contributed by atoms with van der Waals surface area (Å²) >= 11 is 0. The molecule has 1 saturated heterocycles. The van der Waals surface area contributed by atoms with E-state index in [1.807, 2.05) is 47.2 Å². The molecule has 10 heteroatoms. The molecule has 3 aliphatic rings. The van der Waals surface area contributed by atoms with Gasteiger partial charge < -0.3 is 24.5 Å². The van der Waals surface area contributed by atoms with Gasteiger partial charge >= 0.3 is 0 Å². The van der Waals surface area contributed by atoms with Crippen LogP contribution in [-0.4, -0.2) is 65.4 Å². The van der Waals surface area contributed by atoms with E-state index in [0.717, 1.165) is 70.8 Å². The second-order valence-corrected chi connectivity index (χ2v) is 12.4. The minimum absolute atomic E-state index is 0.00380. The molecule has 10 nitrogen and oxygen atoms in total. The Hall–Kier alpha value is -4.18. The zero-order valence-corrected chi connectivity index (χ0v) is 24.3. The highest BCUT2D eigenvalue weighted by Crippen LogP contribution is 2.40. The van der Waals surface area contributed by atoms with Crippen molar-refractivity contribution in [3.63, 3.8) is 0 Å². The Bertz CT molecular complexity index is 1860. The lowest BCUT2D eigenvalue weighted by atomic mass is 10.1. The lowest BCUT2D eigenvalue weighted by molar-refractivity contribution is 0.0700. The summed E-state index contributed by atoms with van der Waals surface area (Å²) in [4.78, 5) is 25.8. The van der Waals surface area contributed by atoms with Crippen molar-refractivity contribution in [2.75, 3.05) is 13.7 Å². The number of benzene rings is 1. The maximum absolute atomic E-state index is 13.9. The molecule has 216 valence electrons. The van der Waals surface area contributed by atoms with Gasteiger partial charge in [-0.3, -0.25) is 9.48 Å². The van der Waals surface area contributed by atoms with Crippen molar-refractivity contribution in [2.24, 2.45) is 24.6 Å². The van der Waals surface area contributed by atoms with Gasteiger partial charge in [-0.05, 0) is 74.8 Å². The minimum atomic E-state index is 0.00380. The standard InChI is InChI=1S/C32H36N8O2/c1-18-23(14-35-37(18)2)17-40-29-24(11-22(13-27(29)42-3)32(41)39-16-21-8-9-25(39)28(21)33)36-31(40)26-12-20-5-4-10-34-30(20)38(26)15-19-6-7-19/h4-5,10-14,19,21,25,28H,6-9,15-17,33H2,1-3H3/t21?,25?,28-/m1/s1. The third-order valence-electron chi connectivity index (χ3n) is 9.88. The van der Waals surface area contributed by atoms with Gasteiger partial charge in [0.2, 0.25) is 0 Å². The van der Waals surface area contributed by atoms with Gasteiger partial charge in [-0.1, -0.05) is 0 Å². The number of piperidine rings is 1. The van der Waals surface area contributed by atoms with Crippen molar-refractivity contribution in [3.05, 3.63) is 59.5 Å². The number of rotatable bonds is 7. The summed E-state index contributed by atoms with van der Waals surface area (Å²) in [5.74, 6) is 2.51. The van der Waals surface area contributed by atoms with Crippen molar-refractivity contribution in [3.8, 4) is 17.3 Å². The number of amides is 1. The summed E-state index contributed by atoms with van der Waals surface area (Å²) in [5, 5.41) is 5.59. The van der Waals surface area contributed by atoms with Crippen molar-refractivity contribution in [1.82, 2.24) is 33.8 Å². The topological polar surface area (TPSA) is 109 Å². The third-order valence-corrected chi connectivity index (χ3v) is 9.88. The Labute approximate surface area is 244 Å². The molecule has 0 spiro atoms. The number of nitrogens with two attached hydrogens (primary N) is 1. The average Bonchev–Trinajstić information content (AvgIpc) is 3.20. The van der Waals surface area contributed by atoms with E-state index in [4.69, 9.17) is 20.4 Å². The maximum Gasteiger partial charge on any atom is 0.254 e. The summed E-state index contributed by atoms with van der Waals surface area (Å²) in [6.07, 6.45) is 8.32. The van der Waals surface area contributed by atoms with Gasteiger partial charge in [0.05, 0.1) is 31.1 Å². The van der Waals surface area contributed by atoms with E-state index in [1.165, 1.54) is 12.8 Å². The van der Waals surface area contributed by atoms with E-state index >= 15 is 0 Å². The van der Waals surface area contributed by atoms with Crippen LogP contribution in [0, 0.1) is 18.8 Å². The molecule has 2 bridgehead atoms. The van der Waals surface area contributed by atoms with E-state index < -0.39 is 0 Å². The number of hydrogen-bond acceptors (Lipinski definition) is 6. The zero-order chi connectivity index (χ0) is 28.7. The summed E-state index contributed by atoms with van der Waals surface area (Å²) in [6, 6.07) is 10.3. The highest BCUT2D eigenvalue weighted by atomic mass is 16.5. The fourth-order valence-corrected chi connectivity index (χ4v) is 7.19. The number of fused-ring (bicyclic) bond motifs is 4. The molecule has 4 aromatic heterocycles. The molecule has 1 aromatic carbocycles. The number of carbonyl (C=O) groups is 1. The van der Waals surface area contributed by atoms with Gasteiger partial charge in [0, 0.05) is 60.6 Å². The Kier molecular flexibility index (Phi) is 5.72. The number of aryl methyl sites for hydroxylation is 1. The summed E-state index contributed by atoms with van der Waals surface area (Å²) in [5.41, 5.74) is 12.8. The van der Waals surface area contributed by atoms with Crippen LogP contribution in [-0.2, 0) is 20.1 Å². The molecule has 2 aliphatic carbocycles. The Balaban J connectivity index is 1.32. The maximum atomic E-state index is 13.9. The third kappa shape index (κ3) is 3.88. The monoisotopic (exact) mass is 564 g/mol. The Morgan fingerprint density at radius 1 is 1.14 bits per heavy atom. The van der Waals surface area contributed by atoms with E-state index in [1.54, 1.807) is 7.11 Å². The molecule has 42 heavy (non-hydrogen) atoms. The summed E-state index contributed by atoms with van der Waals surface area (Å²) in [6.45, 7) is 4.28. The fourth-order valence-electron chi connectivity index (χ4n) is 7.19. The second kappa shape index (κ2) is 9.42. The van der Waals surface area contributed by atoms with Gasteiger partial charge in [0.1, 0.15) is 16.9 Å². The number of nitrogens with zero attached hydrogens (tertiary/aromatic N) is 7. The van der Waals surface area contributed by atoms with Crippen LogP contribution in [0.4, 0.5) is 0 Å². The number of aromatic nitrogens is 6. The van der Waals surface area contributed by atoms with Gasteiger partial charge in [-0.2, -0.15) is 5.10 Å². The fraction of sp³-hybridized carbons (Fsp3) is 0.438. The van der Waals surface area contributed by atoms with Crippen LogP contribution in [0.5, 0.6) is 5.75 Å². The summed E-state index contributed by atoms with van der Waals surface area (Å²) < 4.78 is 12.4. The second-order valence-electron chi connectivity index (χ2n) is 12.4. The van der Waals surface area contributed by atoms with E-state index in [-0.39, 0.29) is 18.0 Å². The van der Waals surface area contributed by atoms with Crippen LogP contribution in [0.2, 0.25) is 0 Å². The first-order valence-corrected chi connectivity index (χ1v) is 15.0. The van der Waals surface area contributed by atoms with E-state index in [9.17, 15) is 4.79 Å². The lowest BCUT2D eigenvalue weighted by Crippen LogP contribution is -2.41. The van der Waals surface area contributed by atoms with Crippen LogP contribution in [0.25, 0.3) is 33.6 Å². The van der Waals surface area contributed by atoms with Gasteiger partial charge in [0.15, 0.2) is 5.82 Å². The quantitative estimate of drug-likeness (QED) is 0.319. The van der Waals surface area contributed by atoms with Crippen LogP contribution in [0.3, 0.4) is 0 Å². The predicted octanol–water partition coefficient (Wildman–Crippen LogP) is 4.12. The van der Waals surface area contributed by atoms with E-state index in [0.29, 0.717) is 29.7 Å². The molecular formula is C32H36N8O2. The highest BCUT2D eigenvalue weighted by molar-refractivity contribution is 6.00. The molecule has 3 atom stereocenters. The molecule has 2 unspecified atom stereocenters. The number of pyridine rings is 1. The largest absolute Gasteiger partial charge is 0.494 e. The Morgan fingerprint density at radius 3 is 2.69 bits per heavy atom. The molecule has 3 fully saturated rings. The molecule has 2 N–H and O–H groups in total. The molecule has 2 saturated carbocycles. The first-order chi connectivity index (χ1) is 20.4. The van der Waals surface area contributed by atoms with Crippen LogP contribution < -0.4 is 10.5 Å². The summed E-state index contributed by atoms with van der Waals surface area (Å²) in [7, 11) is 3.62. The van der Waals surface area contributed by atoms with Gasteiger partial charge in [0.25, 0.3) is 5.91 Å².